The SMILES string of the molecule is CC(=O)c1s/c(=N\N=C(/C)c2c(C)[nH]c(-c3ccccc3)c2-c2ccccc2)n(N)c1C. The van der Waals surface area contributed by atoms with Crippen LogP contribution in [0.3, 0.4) is 0 Å². The summed E-state index contributed by atoms with van der Waals surface area (Å²) < 4.78 is 1.41. The maximum Gasteiger partial charge on any atom is 0.229 e. The van der Waals surface area contributed by atoms with E-state index >= 15 is 0 Å². The highest BCUT2D eigenvalue weighted by atomic mass is 32.1. The summed E-state index contributed by atoms with van der Waals surface area (Å²) in [6.45, 7) is 7.31. The Morgan fingerprint density at radius 3 is 2.12 bits per heavy atom. The maximum atomic E-state index is 11.8. The molecule has 0 bridgehead atoms. The Bertz CT molecular complexity index is 1380. The first-order valence-electron chi connectivity index (χ1n) is 10.3. The number of carbonyl (C=O) groups excluding carboxylic acids is 1. The maximum absolute atomic E-state index is 11.8. The standard InChI is InChI=1S/C25H25N5OS/c1-15-21(16(2)28-29-25-30(26)17(3)24(32-25)18(4)31)22(19-11-7-5-8-12-19)23(27-15)20-13-9-6-10-14-20/h5-14,27H,26H2,1-4H3/b28-16+,29-25-. The molecule has 2 aromatic carbocycles. The summed E-state index contributed by atoms with van der Waals surface area (Å²) in [5.74, 6) is 6.07. The van der Waals surface area contributed by atoms with E-state index in [9.17, 15) is 4.79 Å². The van der Waals surface area contributed by atoms with Gasteiger partial charge in [-0.2, -0.15) is 5.10 Å². The van der Waals surface area contributed by atoms with Gasteiger partial charge >= 0.3 is 0 Å². The topological polar surface area (TPSA) is 88.5 Å². The highest BCUT2D eigenvalue weighted by molar-refractivity contribution is 7.11. The van der Waals surface area contributed by atoms with Crippen molar-refractivity contribution in [2.75, 3.05) is 5.84 Å². The summed E-state index contributed by atoms with van der Waals surface area (Å²) >= 11 is 1.25. The highest BCUT2D eigenvalue weighted by Crippen LogP contribution is 2.37. The lowest BCUT2D eigenvalue weighted by Gasteiger charge is -2.08. The number of nitrogens with one attached hydrogen (secondary N) is 1. The first kappa shape index (κ1) is 21.5. The number of hydrogen-bond donors (Lipinski definition) is 2. The number of aromatic nitrogens is 2. The first-order valence-corrected chi connectivity index (χ1v) is 11.1. The summed E-state index contributed by atoms with van der Waals surface area (Å²) in [5, 5.41) is 8.90. The molecular formula is C25H25N5OS. The Balaban J connectivity index is 1.90. The van der Waals surface area contributed by atoms with Crippen molar-refractivity contribution in [1.29, 1.82) is 0 Å². The van der Waals surface area contributed by atoms with Gasteiger partial charge < -0.3 is 10.8 Å². The zero-order valence-corrected chi connectivity index (χ0v) is 19.3. The van der Waals surface area contributed by atoms with Gasteiger partial charge in [0.15, 0.2) is 5.78 Å². The predicted molar refractivity (Wildman–Crippen MR) is 131 cm³/mol. The lowest BCUT2D eigenvalue weighted by molar-refractivity contribution is 0.102. The Morgan fingerprint density at radius 1 is 0.969 bits per heavy atom. The molecule has 0 unspecified atom stereocenters. The molecule has 0 saturated carbocycles. The third-order valence-corrected chi connectivity index (χ3v) is 6.62. The van der Waals surface area contributed by atoms with E-state index in [0.717, 1.165) is 39.4 Å². The van der Waals surface area contributed by atoms with E-state index in [-0.39, 0.29) is 5.78 Å². The lowest BCUT2D eigenvalue weighted by Crippen LogP contribution is -2.24. The van der Waals surface area contributed by atoms with Crippen LogP contribution < -0.4 is 10.6 Å². The van der Waals surface area contributed by atoms with Crippen LogP contribution in [0, 0.1) is 13.8 Å². The van der Waals surface area contributed by atoms with Gasteiger partial charge in [-0.05, 0) is 31.9 Å². The second-order valence-corrected chi connectivity index (χ2v) is 8.60. The number of aromatic amines is 1. The molecule has 6 nitrogen and oxygen atoms in total. The third-order valence-electron chi connectivity index (χ3n) is 5.37. The Hall–Kier alpha value is -3.71. The lowest BCUT2D eigenvalue weighted by atomic mass is 9.95. The van der Waals surface area contributed by atoms with Crippen molar-refractivity contribution in [3.05, 3.63) is 87.3 Å². The molecule has 0 aliphatic rings. The van der Waals surface area contributed by atoms with Crippen LogP contribution in [-0.2, 0) is 0 Å². The molecule has 2 aromatic heterocycles. The Kier molecular flexibility index (Phi) is 5.92. The van der Waals surface area contributed by atoms with Gasteiger partial charge in [0.2, 0.25) is 4.80 Å². The van der Waals surface area contributed by atoms with E-state index in [0.29, 0.717) is 15.4 Å². The van der Waals surface area contributed by atoms with Gasteiger partial charge in [0.1, 0.15) is 0 Å². The van der Waals surface area contributed by atoms with Crippen molar-refractivity contribution in [3.63, 3.8) is 0 Å². The van der Waals surface area contributed by atoms with Gasteiger partial charge in [-0.15, -0.1) is 5.10 Å². The number of H-pyrrole nitrogens is 1. The number of aryl methyl sites for hydroxylation is 1. The number of thiazole rings is 1. The molecule has 0 amide bonds. The number of benzene rings is 2. The molecule has 7 heteroatoms. The predicted octanol–water partition coefficient (Wildman–Crippen LogP) is 5.07. The number of ketones is 1. The van der Waals surface area contributed by atoms with E-state index in [1.807, 2.05) is 50.2 Å². The molecule has 32 heavy (non-hydrogen) atoms. The van der Waals surface area contributed by atoms with Crippen LogP contribution in [-0.4, -0.2) is 21.2 Å². The fraction of sp³-hybridized carbons (Fsp3) is 0.160. The second kappa shape index (κ2) is 8.80. The molecule has 4 rings (SSSR count). The minimum atomic E-state index is -0.0332. The Labute approximate surface area is 190 Å². The largest absolute Gasteiger partial charge is 0.358 e. The van der Waals surface area contributed by atoms with Crippen molar-refractivity contribution in [2.24, 2.45) is 10.2 Å². The number of rotatable bonds is 5. The fourth-order valence-electron chi connectivity index (χ4n) is 3.82. The van der Waals surface area contributed by atoms with E-state index in [2.05, 4.69) is 39.5 Å². The van der Waals surface area contributed by atoms with E-state index in [4.69, 9.17) is 5.84 Å². The zero-order chi connectivity index (χ0) is 22.8. The average Bonchev–Trinajstić information content (AvgIpc) is 3.30. The molecule has 3 N–H and O–H groups in total. The Morgan fingerprint density at radius 2 is 1.56 bits per heavy atom. The van der Waals surface area contributed by atoms with Crippen LogP contribution >= 0.6 is 11.3 Å². The molecule has 0 atom stereocenters. The summed E-state index contributed by atoms with van der Waals surface area (Å²) in [6, 6.07) is 20.5. The molecule has 0 saturated heterocycles. The zero-order valence-electron chi connectivity index (χ0n) is 18.5. The minimum Gasteiger partial charge on any atom is -0.358 e. The van der Waals surface area contributed by atoms with Gasteiger partial charge in [-0.25, -0.2) is 4.68 Å². The van der Waals surface area contributed by atoms with Crippen LogP contribution in [0.1, 0.15) is 40.5 Å². The van der Waals surface area contributed by atoms with Gasteiger partial charge in [-0.3, -0.25) is 4.79 Å². The molecule has 2 heterocycles. The van der Waals surface area contributed by atoms with Gasteiger partial charge in [0, 0.05) is 23.7 Å². The molecule has 0 aliphatic heterocycles. The normalized spacial score (nSPS) is 12.4. The molecule has 0 fully saturated rings. The second-order valence-electron chi connectivity index (χ2n) is 7.62. The van der Waals surface area contributed by atoms with E-state index in [1.54, 1.807) is 6.92 Å². The van der Waals surface area contributed by atoms with Crippen molar-refractivity contribution in [3.8, 4) is 22.4 Å². The molecule has 0 radical (unpaired) electrons. The number of carbonyl (C=O) groups is 1. The molecule has 0 spiro atoms. The number of hydrogen-bond acceptors (Lipinski definition) is 5. The number of nitrogens with two attached hydrogens (primary N) is 1. The van der Waals surface area contributed by atoms with Gasteiger partial charge in [0.05, 0.1) is 22.0 Å². The van der Waals surface area contributed by atoms with Gasteiger partial charge in [0.25, 0.3) is 0 Å². The minimum absolute atomic E-state index is 0.0332. The van der Waals surface area contributed by atoms with Crippen LogP contribution in [0.2, 0.25) is 0 Å². The van der Waals surface area contributed by atoms with Crippen molar-refractivity contribution < 1.29 is 4.79 Å². The third kappa shape index (κ3) is 3.94. The fourth-order valence-corrected chi connectivity index (χ4v) is 4.71. The first-order chi connectivity index (χ1) is 15.4. The quantitative estimate of drug-likeness (QED) is 0.195. The van der Waals surface area contributed by atoms with Crippen LogP contribution in [0.5, 0.6) is 0 Å². The van der Waals surface area contributed by atoms with Crippen LogP contribution in [0.15, 0.2) is 70.9 Å². The monoisotopic (exact) mass is 443 g/mol. The van der Waals surface area contributed by atoms with Crippen molar-refractivity contribution in [1.82, 2.24) is 9.66 Å². The smallest absolute Gasteiger partial charge is 0.229 e. The summed E-state index contributed by atoms with van der Waals surface area (Å²) in [4.78, 5) is 16.5. The molecule has 162 valence electrons. The summed E-state index contributed by atoms with van der Waals surface area (Å²) in [5.41, 5.74) is 7.77. The number of nitrogens with zero attached hydrogens (tertiary/aromatic N) is 3. The van der Waals surface area contributed by atoms with Crippen LogP contribution in [0.4, 0.5) is 0 Å². The van der Waals surface area contributed by atoms with E-state index < -0.39 is 0 Å². The average molecular weight is 444 g/mol. The van der Waals surface area contributed by atoms with E-state index in [1.165, 1.54) is 22.9 Å². The van der Waals surface area contributed by atoms with Crippen molar-refractivity contribution in [2.45, 2.75) is 27.7 Å². The highest BCUT2D eigenvalue weighted by Gasteiger charge is 2.20. The van der Waals surface area contributed by atoms with Crippen LogP contribution in [0.25, 0.3) is 22.4 Å². The van der Waals surface area contributed by atoms with Crippen molar-refractivity contribution >= 4 is 22.8 Å². The number of nitrogen functional groups attached to an aromatic ring is 1. The number of Topliss-reactive ketones (excluding diaryl/α,β-unsaturated/α-hetero) is 1. The summed E-state index contributed by atoms with van der Waals surface area (Å²) in [7, 11) is 0. The molecule has 4 aromatic rings. The molecular weight excluding hydrogens is 418 g/mol. The summed E-state index contributed by atoms with van der Waals surface area (Å²) in [6.07, 6.45) is 0. The van der Waals surface area contributed by atoms with Gasteiger partial charge in [-0.1, -0.05) is 72.0 Å². The molecule has 0 aliphatic carbocycles.